The number of hydrogen-bond donors (Lipinski definition) is 0. The average Bonchev–Trinajstić information content (AvgIpc) is 3.28. The van der Waals surface area contributed by atoms with Crippen LogP contribution in [0, 0.1) is 5.92 Å². The van der Waals surface area contributed by atoms with E-state index in [0.717, 1.165) is 30.5 Å². The van der Waals surface area contributed by atoms with Gasteiger partial charge in [0, 0.05) is 11.4 Å². The van der Waals surface area contributed by atoms with Gasteiger partial charge in [-0.3, -0.25) is 9.59 Å². The van der Waals surface area contributed by atoms with Crippen LogP contribution in [-0.4, -0.2) is 29.2 Å². The predicted molar refractivity (Wildman–Crippen MR) is 99.2 cm³/mol. The molecule has 1 aliphatic heterocycles. The summed E-state index contributed by atoms with van der Waals surface area (Å²) in [6.07, 6.45) is 4.79. The second-order valence-corrected chi connectivity index (χ2v) is 7.20. The van der Waals surface area contributed by atoms with Crippen LogP contribution in [0.5, 0.6) is 0 Å². The lowest BCUT2D eigenvalue weighted by atomic mass is 9.86. The summed E-state index contributed by atoms with van der Waals surface area (Å²) in [4.78, 5) is 24.6. The minimum Gasteiger partial charge on any atom is -0.467 e. The van der Waals surface area contributed by atoms with Gasteiger partial charge in [0.1, 0.15) is 11.8 Å². The van der Waals surface area contributed by atoms with Crippen molar-refractivity contribution in [3.8, 4) is 0 Å². The number of benzene rings is 1. The van der Waals surface area contributed by atoms with E-state index in [-0.39, 0.29) is 30.4 Å². The standard InChI is InChI=1S/C20H19ClN2O4/c21-15-8-6-13(7-9-15)16-11-17(18-5-2-10-26-18)23(22-16)19(24)12-27-20(25)14-3-1-4-14/h2,5-10,14,17H,1,3-4,11-12H2/t17-/m0/s1. The van der Waals surface area contributed by atoms with Crippen LogP contribution in [0.1, 0.15) is 43.0 Å². The summed E-state index contributed by atoms with van der Waals surface area (Å²) in [7, 11) is 0. The fourth-order valence-electron chi connectivity index (χ4n) is 3.22. The summed E-state index contributed by atoms with van der Waals surface area (Å²) >= 11 is 5.95. The highest BCUT2D eigenvalue weighted by molar-refractivity contribution is 6.30. The zero-order chi connectivity index (χ0) is 18.8. The molecule has 27 heavy (non-hydrogen) atoms. The number of rotatable bonds is 5. The van der Waals surface area contributed by atoms with Crippen LogP contribution in [-0.2, 0) is 14.3 Å². The van der Waals surface area contributed by atoms with E-state index in [1.807, 2.05) is 18.2 Å². The highest BCUT2D eigenvalue weighted by Gasteiger charge is 2.36. The Hall–Kier alpha value is -2.60. The minimum atomic E-state index is -0.368. The van der Waals surface area contributed by atoms with Crippen LogP contribution >= 0.6 is 11.6 Å². The van der Waals surface area contributed by atoms with Crippen molar-refractivity contribution in [2.75, 3.05) is 6.61 Å². The van der Waals surface area contributed by atoms with Crippen LogP contribution < -0.4 is 0 Å². The van der Waals surface area contributed by atoms with Gasteiger partial charge in [0.05, 0.1) is 17.9 Å². The zero-order valence-corrected chi connectivity index (χ0v) is 15.4. The molecule has 0 bridgehead atoms. The van der Waals surface area contributed by atoms with Crippen molar-refractivity contribution in [1.29, 1.82) is 0 Å². The van der Waals surface area contributed by atoms with Crippen molar-refractivity contribution in [3.05, 3.63) is 59.0 Å². The molecule has 1 aromatic heterocycles. The molecule has 1 amide bonds. The van der Waals surface area contributed by atoms with Crippen molar-refractivity contribution >= 4 is 29.2 Å². The van der Waals surface area contributed by atoms with Crippen molar-refractivity contribution in [2.24, 2.45) is 11.0 Å². The first kappa shape index (κ1) is 17.8. The topological polar surface area (TPSA) is 72.1 Å². The normalized spacial score (nSPS) is 19.5. The number of nitrogens with zero attached hydrogens (tertiary/aromatic N) is 2. The van der Waals surface area contributed by atoms with Gasteiger partial charge in [0.25, 0.3) is 5.91 Å². The van der Waals surface area contributed by atoms with Gasteiger partial charge >= 0.3 is 5.97 Å². The third kappa shape index (κ3) is 3.76. The number of furan rings is 1. The maximum atomic E-state index is 12.7. The van der Waals surface area contributed by atoms with Crippen LogP contribution in [0.4, 0.5) is 0 Å². The molecule has 0 saturated heterocycles. The molecule has 1 aromatic carbocycles. The Morgan fingerprint density at radius 2 is 2.00 bits per heavy atom. The molecule has 0 N–H and O–H groups in total. The fraction of sp³-hybridized carbons (Fsp3) is 0.350. The van der Waals surface area contributed by atoms with Gasteiger partial charge in [-0.25, -0.2) is 5.01 Å². The van der Waals surface area contributed by atoms with E-state index in [2.05, 4.69) is 5.10 Å². The van der Waals surface area contributed by atoms with E-state index in [4.69, 9.17) is 20.8 Å². The summed E-state index contributed by atoms with van der Waals surface area (Å²) in [6, 6.07) is 10.5. The monoisotopic (exact) mass is 386 g/mol. The van der Waals surface area contributed by atoms with Gasteiger partial charge in [-0.05, 0) is 42.7 Å². The van der Waals surface area contributed by atoms with Gasteiger partial charge in [-0.2, -0.15) is 5.10 Å². The van der Waals surface area contributed by atoms with Crippen LogP contribution in [0.15, 0.2) is 52.2 Å². The molecule has 1 aliphatic carbocycles. The number of esters is 1. The number of halogens is 1. The fourth-order valence-corrected chi connectivity index (χ4v) is 3.35. The summed E-state index contributed by atoms with van der Waals surface area (Å²) < 4.78 is 10.7. The number of carbonyl (C=O) groups excluding carboxylic acids is 2. The second kappa shape index (κ2) is 7.56. The third-order valence-corrected chi connectivity index (χ3v) is 5.24. The van der Waals surface area contributed by atoms with Crippen LogP contribution in [0.3, 0.4) is 0 Å². The minimum absolute atomic E-state index is 0.0645. The quantitative estimate of drug-likeness (QED) is 0.729. The summed E-state index contributed by atoms with van der Waals surface area (Å²) in [5.74, 6) is -0.0925. The van der Waals surface area contributed by atoms with E-state index >= 15 is 0 Å². The lowest BCUT2D eigenvalue weighted by Gasteiger charge is -2.24. The van der Waals surface area contributed by atoms with Crippen LogP contribution in [0.2, 0.25) is 5.02 Å². The van der Waals surface area contributed by atoms with Gasteiger partial charge in [0.15, 0.2) is 6.61 Å². The smallest absolute Gasteiger partial charge is 0.309 e. The molecule has 6 nitrogen and oxygen atoms in total. The molecule has 2 aliphatic rings. The molecule has 140 valence electrons. The molecule has 7 heteroatoms. The van der Waals surface area contributed by atoms with Crippen molar-refractivity contribution in [2.45, 2.75) is 31.7 Å². The highest BCUT2D eigenvalue weighted by atomic mass is 35.5. The first-order valence-electron chi connectivity index (χ1n) is 8.97. The third-order valence-electron chi connectivity index (χ3n) is 4.99. The number of carbonyl (C=O) groups is 2. The SMILES string of the molecule is O=C(OCC(=O)N1N=C(c2ccc(Cl)cc2)C[C@H]1c1ccco1)C1CCC1. The largest absolute Gasteiger partial charge is 0.467 e. The highest BCUT2D eigenvalue weighted by Crippen LogP contribution is 2.33. The molecule has 1 saturated carbocycles. The first-order chi connectivity index (χ1) is 13.1. The Labute approximate surface area is 161 Å². The average molecular weight is 387 g/mol. The second-order valence-electron chi connectivity index (χ2n) is 6.76. The van der Waals surface area contributed by atoms with E-state index < -0.39 is 0 Å². The maximum Gasteiger partial charge on any atom is 0.309 e. The van der Waals surface area contributed by atoms with E-state index in [9.17, 15) is 9.59 Å². The maximum absolute atomic E-state index is 12.7. The Morgan fingerprint density at radius 3 is 2.63 bits per heavy atom. The van der Waals surface area contributed by atoms with Crippen molar-refractivity contribution in [1.82, 2.24) is 5.01 Å². The summed E-state index contributed by atoms with van der Waals surface area (Å²) in [5.41, 5.74) is 1.64. The number of ether oxygens (including phenoxy) is 1. The Kier molecular flexibility index (Phi) is 4.99. The van der Waals surface area contributed by atoms with E-state index in [1.165, 1.54) is 5.01 Å². The summed E-state index contributed by atoms with van der Waals surface area (Å²) in [5, 5.41) is 6.48. The molecule has 4 rings (SSSR count). The number of hydrazone groups is 1. The molecule has 1 fully saturated rings. The Morgan fingerprint density at radius 1 is 1.22 bits per heavy atom. The van der Waals surface area contributed by atoms with Gasteiger partial charge < -0.3 is 9.15 Å². The van der Waals surface area contributed by atoms with Crippen molar-refractivity contribution in [3.63, 3.8) is 0 Å². The Bertz CT molecular complexity index is 857. The molecule has 0 spiro atoms. The molecule has 0 unspecified atom stereocenters. The molecular formula is C20H19ClN2O4. The lowest BCUT2D eigenvalue weighted by Crippen LogP contribution is -2.33. The van der Waals surface area contributed by atoms with Crippen LogP contribution in [0.25, 0.3) is 0 Å². The predicted octanol–water partition coefficient (Wildman–Crippen LogP) is 3.95. The first-order valence-corrected chi connectivity index (χ1v) is 9.35. The Balaban J connectivity index is 1.51. The molecule has 0 radical (unpaired) electrons. The lowest BCUT2D eigenvalue weighted by molar-refractivity contribution is -0.158. The summed E-state index contributed by atoms with van der Waals surface area (Å²) in [6.45, 7) is -0.316. The molecule has 2 heterocycles. The van der Waals surface area contributed by atoms with Gasteiger partial charge in [-0.15, -0.1) is 0 Å². The molecule has 2 aromatic rings. The van der Waals surface area contributed by atoms with Crippen molar-refractivity contribution < 1.29 is 18.7 Å². The zero-order valence-electron chi connectivity index (χ0n) is 14.6. The number of amides is 1. The van der Waals surface area contributed by atoms with E-state index in [0.29, 0.717) is 17.2 Å². The number of hydrogen-bond acceptors (Lipinski definition) is 5. The van der Waals surface area contributed by atoms with E-state index in [1.54, 1.807) is 24.5 Å². The molecular weight excluding hydrogens is 368 g/mol. The van der Waals surface area contributed by atoms with Gasteiger partial charge in [-0.1, -0.05) is 30.2 Å². The van der Waals surface area contributed by atoms with Gasteiger partial charge in [0.2, 0.25) is 0 Å². The molecule has 1 atom stereocenters.